The van der Waals surface area contributed by atoms with Crippen molar-refractivity contribution in [2.75, 3.05) is 19.7 Å². The molecule has 0 aromatic carbocycles. The summed E-state index contributed by atoms with van der Waals surface area (Å²) in [6.07, 6.45) is 4.91. The first-order chi connectivity index (χ1) is 13.7. The Morgan fingerprint density at radius 1 is 1.21 bits per heavy atom. The number of halogens is 1. The normalized spacial score (nSPS) is 24.9. The summed E-state index contributed by atoms with van der Waals surface area (Å²) in [5.74, 6) is 0.382. The molecule has 2 fully saturated rings. The number of pyridine rings is 2. The molecule has 144 valence electrons. The van der Waals surface area contributed by atoms with Gasteiger partial charge in [0, 0.05) is 42.2 Å². The van der Waals surface area contributed by atoms with Crippen molar-refractivity contribution in [3.8, 4) is 11.1 Å². The van der Waals surface area contributed by atoms with Crippen LogP contribution in [0.3, 0.4) is 0 Å². The Labute approximate surface area is 161 Å². The van der Waals surface area contributed by atoms with Gasteiger partial charge in [0.2, 0.25) is 5.91 Å². The van der Waals surface area contributed by atoms with E-state index in [1.54, 1.807) is 21.8 Å². The van der Waals surface area contributed by atoms with Gasteiger partial charge in [-0.2, -0.15) is 0 Å². The van der Waals surface area contributed by atoms with Gasteiger partial charge in [0.1, 0.15) is 12.3 Å². The van der Waals surface area contributed by atoms with Crippen molar-refractivity contribution in [2.45, 2.75) is 25.1 Å². The lowest BCUT2D eigenvalue weighted by atomic mass is 9.82. The Balaban J connectivity index is 1.36. The molecule has 8 heteroatoms. The zero-order chi connectivity index (χ0) is 19.1. The van der Waals surface area contributed by atoms with E-state index in [1.165, 1.54) is 0 Å². The second-order valence-corrected chi connectivity index (χ2v) is 7.34. The SMILES string of the molecule is O=C(C1CC(F)C1)N1CCO[C@H](c2nc3ccc(-c4cccnc4)cn3n2)C1. The molecule has 0 N–H and O–H groups in total. The topological polar surface area (TPSA) is 72.6 Å². The van der Waals surface area contributed by atoms with Gasteiger partial charge >= 0.3 is 0 Å². The van der Waals surface area contributed by atoms with Gasteiger partial charge in [0.25, 0.3) is 0 Å². The Morgan fingerprint density at radius 3 is 2.89 bits per heavy atom. The van der Waals surface area contributed by atoms with E-state index in [4.69, 9.17) is 4.74 Å². The number of hydrogen-bond donors (Lipinski definition) is 0. The molecule has 4 heterocycles. The quantitative estimate of drug-likeness (QED) is 0.697. The molecule has 0 spiro atoms. The number of amides is 1. The van der Waals surface area contributed by atoms with Crippen molar-refractivity contribution in [1.82, 2.24) is 24.5 Å². The second-order valence-electron chi connectivity index (χ2n) is 7.34. The maximum absolute atomic E-state index is 13.1. The first-order valence-corrected chi connectivity index (χ1v) is 9.48. The molecule has 1 saturated heterocycles. The molecule has 0 bridgehead atoms. The third-order valence-electron chi connectivity index (χ3n) is 5.44. The van der Waals surface area contributed by atoms with Crippen LogP contribution in [-0.2, 0) is 9.53 Å². The average molecular weight is 381 g/mol. The molecule has 28 heavy (non-hydrogen) atoms. The van der Waals surface area contributed by atoms with Crippen LogP contribution in [-0.4, -0.2) is 56.3 Å². The van der Waals surface area contributed by atoms with Crippen molar-refractivity contribution in [2.24, 2.45) is 5.92 Å². The fraction of sp³-hybridized carbons (Fsp3) is 0.400. The molecule has 0 unspecified atom stereocenters. The van der Waals surface area contributed by atoms with Gasteiger partial charge in [-0.3, -0.25) is 9.78 Å². The predicted octanol–water partition coefficient (Wildman–Crippen LogP) is 2.44. The molecule has 3 aromatic heterocycles. The van der Waals surface area contributed by atoms with Crippen LogP contribution in [0.1, 0.15) is 24.8 Å². The zero-order valence-electron chi connectivity index (χ0n) is 15.2. The molecule has 5 rings (SSSR count). The smallest absolute Gasteiger partial charge is 0.226 e. The molecular weight excluding hydrogens is 361 g/mol. The van der Waals surface area contributed by atoms with E-state index < -0.39 is 6.17 Å². The van der Waals surface area contributed by atoms with E-state index in [2.05, 4.69) is 15.1 Å². The van der Waals surface area contributed by atoms with Crippen molar-refractivity contribution in [3.05, 3.63) is 48.7 Å². The summed E-state index contributed by atoms with van der Waals surface area (Å²) < 4.78 is 20.6. The number of hydrogen-bond acceptors (Lipinski definition) is 5. The van der Waals surface area contributed by atoms with Gasteiger partial charge in [0.05, 0.1) is 13.2 Å². The highest BCUT2D eigenvalue weighted by atomic mass is 19.1. The van der Waals surface area contributed by atoms with Crippen LogP contribution in [0.25, 0.3) is 16.8 Å². The second kappa shape index (κ2) is 6.94. The predicted molar refractivity (Wildman–Crippen MR) is 99.1 cm³/mol. The lowest BCUT2D eigenvalue weighted by Crippen LogP contribution is -2.48. The number of fused-ring (bicyclic) bond motifs is 1. The van der Waals surface area contributed by atoms with E-state index in [0.717, 1.165) is 11.1 Å². The molecule has 2 aliphatic rings. The molecule has 1 aliphatic carbocycles. The maximum atomic E-state index is 13.1. The number of rotatable bonds is 3. The number of carbonyl (C=O) groups excluding carboxylic acids is 1. The highest BCUT2D eigenvalue weighted by Crippen LogP contribution is 2.33. The summed E-state index contributed by atoms with van der Waals surface area (Å²) in [6.45, 7) is 1.36. The lowest BCUT2D eigenvalue weighted by molar-refractivity contribution is -0.148. The van der Waals surface area contributed by atoms with Crippen LogP contribution in [0.5, 0.6) is 0 Å². The fourth-order valence-electron chi connectivity index (χ4n) is 3.75. The molecule has 1 aliphatic heterocycles. The first kappa shape index (κ1) is 17.2. The van der Waals surface area contributed by atoms with Gasteiger partial charge in [-0.05, 0) is 31.0 Å². The largest absolute Gasteiger partial charge is 0.366 e. The maximum Gasteiger partial charge on any atom is 0.226 e. The highest BCUT2D eigenvalue weighted by Gasteiger charge is 2.39. The Morgan fingerprint density at radius 2 is 2.11 bits per heavy atom. The van der Waals surface area contributed by atoms with Crippen LogP contribution >= 0.6 is 0 Å². The number of nitrogens with zero attached hydrogens (tertiary/aromatic N) is 5. The van der Waals surface area contributed by atoms with E-state index >= 15 is 0 Å². The van der Waals surface area contributed by atoms with Crippen LogP contribution in [0.4, 0.5) is 4.39 Å². The average Bonchev–Trinajstić information content (AvgIpc) is 3.15. The molecule has 3 aromatic rings. The van der Waals surface area contributed by atoms with E-state index in [1.807, 2.05) is 30.5 Å². The lowest BCUT2D eigenvalue weighted by Gasteiger charge is -2.37. The summed E-state index contributed by atoms with van der Waals surface area (Å²) in [5, 5.41) is 4.57. The number of morpholine rings is 1. The van der Waals surface area contributed by atoms with Crippen molar-refractivity contribution in [3.63, 3.8) is 0 Å². The summed E-state index contributed by atoms with van der Waals surface area (Å²) in [4.78, 5) is 23.0. The number of carbonyl (C=O) groups is 1. The summed E-state index contributed by atoms with van der Waals surface area (Å²) >= 11 is 0. The van der Waals surface area contributed by atoms with Crippen molar-refractivity contribution in [1.29, 1.82) is 0 Å². The zero-order valence-corrected chi connectivity index (χ0v) is 15.2. The fourth-order valence-corrected chi connectivity index (χ4v) is 3.75. The molecule has 1 amide bonds. The molecular formula is C20H20FN5O2. The van der Waals surface area contributed by atoms with Gasteiger partial charge in [-0.1, -0.05) is 6.07 Å². The van der Waals surface area contributed by atoms with E-state index in [0.29, 0.717) is 44.0 Å². The molecule has 0 radical (unpaired) electrons. The molecule has 1 saturated carbocycles. The minimum absolute atomic E-state index is 0.0184. The first-order valence-electron chi connectivity index (χ1n) is 9.48. The molecule has 1 atom stereocenters. The Hall–Kier alpha value is -2.87. The minimum atomic E-state index is -0.833. The van der Waals surface area contributed by atoms with E-state index in [9.17, 15) is 9.18 Å². The van der Waals surface area contributed by atoms with E-state index in [-0.39, 0.29) is 17.9 Å². The number of aromatic nitrogens is 4. The van der Waals surface area contributed by atoms with Crippen molar-refractivity contribution >= 4 is 11.6 Å². The van der Waals surface area contributed by atoms with Crippen LogP contribution in [0, 0.1) is 5.92 Å². The highest BCUT2D eigenvalue weighted by molar-refractivity contribution is 5.80. The van der Waals surface area contributed by atoms with Crippen LogP contribution in [0.15, 0.2) is 42.9 Å². The summed E-state index contributed by atoms with van der Waals surface area (Å²) in [6, 6.07) is 7.76. The van der Waals surface area contributed by atoms with Gasteiger partial charge < -0.3 is 9.64 Å². The Bertz CT molecular complexity index is 1000. The van der Waals surface area contributed by atoms with Crippen LogP contribution in [0.2, 0.25) is 0 Å². The minimum Gasteiger partial charge on any atom is -0.366 e. The Kier molecular flexibility index (Phi) is 4.27. The monoisotopic (exact) mass is 381 g/mol. The summed E-state index contributed by atoms with van der Waals surface area (Å²) in [5.41, 5.74) is 2.71. The molecule has 7 nitrogen and oxygen atoms in total. The van der Waals surface area contributed by atoms with Gasteiger partial charge in [-0.15, -0.1) is 5.10 Å². The summed E-state index contributed by atoms with van der Waals surface area (Å²) in [7, 11) is 0. The van der Waals surface area contributed by atoms with Crippen LogP contribution < -0.4 is 0 Å². The number of ether oxygens (including phenoxy) is 1. The third kappa shape index (κ3) is 3.13. The van der Waals surface area contributed by atoms with Gasteiger partial charge in [0.15, 0.2) is 11.5 Å². The standard InChI is InChI=1S/C20H20FN5O2/c21-16-8-15(9-16)20(27)25-6-7-28-17(12-25)19-23-18-4-3-14(11-26(18)24-19)13-2-1-5-22-10-13/h1-5,10-11,15-17H,6-9,12H2/t15?,16?,17-/m0/s1. The van der Waals surface area contributed by atoms with Gasteiger partial charge in [-0.25, -0.2) is 13.9 Å². The van der Waals surface area contributed by atoms with Crippen molar-refractivity contribution < 1.29 is 13.9 Å². The third-order valence-corrected chi connectivity index (χ3v) is 5.44. The number of alkyl halides is 1.